The molecule has 13 heavy (non-hydrogen) atoms. The van der Waals surface area contributed by atoms with Crippen molar-refractivity contribution >= 4 is 11.6 Å². The summed E-state index contributed by atoms with van der Waals surface area (Å²) in [7, 11) is 0. The molecule has 0 radical (unpaired) electrons. The van der Waals surface area contributed by atoms with Crippen LogP contribution in [-0.4, -0.2) is 11.6 Å². The maximum absolute atomic E-state index is 11.2. The quantitative estimate of drug-likeness (QED) is 0.611. The zero-order chi connectivity index (χ0) is 8.97. The van der Waals surface area contributed by atoms with Crippen molar-refractivity contribution in [1.82, 2.24) is 0 Å². The van der Waals surface area contributed by atoms with Crippen LogP contribution in [0.5, 0.6) is 0 Å². The van der Waals surface area contributed by atoms with Crippen molar-refractivity contribution < 1.29 is 30.7 Å². The third kappa shape index (κ3) is 4.14. The molecule has 0 fully saturated rings. The largest absolute Gasteiger partial charge is 0.300 e. The molecule has 72 valence electrons. The van der Waals surface area contributed by atoms with Crippen LogP contribution in [0.4, 0.5) is 0 Å². The van der Waals surface area contributed by atoms with E-state index in [9.17, 15) is 9.59 Å². The van der Waals surface area contributed by atoms with E-state index in [1.165, 1.54) is 6.92 Å². The average molecular weight is 357 g/mol. The molecule has 0 N–H and O–H groups in total. The Morgan fingerprint density at radius 3 is 2.15 bits per heavy atom. The van der Waals surface area contributed by atoms with Gasteiger partial charge < -0.3 is 0 Å². The molecular formula is C10H10O2Pt. The smallest absolute Gasteiger partial charge is 0.170 e. The molecule has 1 rings (SSSR count). The fraction of sp³-hybridized carbons (Fsp3) is 0.200. The number of carbonyl (C=O) groups excluding carboxylic acids is 2. The molecule has 0 aromatic heterocycles. The van der Waals surface area contributed by atoms with Gasteiger partial charge in [-0.25, -0.2) is 0 Å². The van der Waals surface area contributed by atoms with E-state index in [0.717, 1.165) is 0 Å². The summed E-state index contributed by atoms with van der Waals surface area (Å²) < 4.78 is 0. The zero-order valence-electron chi connectivity index (χ0n) is 7.23. The summed E-state index contributed by atoms with van der Waals surface area (Å²) in [4.78, 5) is 21.8. The van der Waals surface area contributed by atoms with Crippen molar-refractivity contribution in [2.24, 2.45) is 0 Å². The Hall–Kier alpha value is -0.752. The minimum atomic E-state index is -0.108. The topological polar surface area (TPSA) is 34.1 Å². The summed E-state index contributed by atoms with van der Waals surface area (Å²) >= 11 is 0. The Morgan fingerprint density at radius 2 is 1.69 bits per heavy atom. The van der Waals surface area contributed by atoms with Gasteiger partial charge in [0.25, 0.3) is 0 Å². The second kappa shape index (κ2) is 5.82. The van der Waals surface area contributed by atoms with Gasteiger partial charge in [0.05, 0.1) is 6.42 Å². The molecule has 0 heterocycles. The molecule has 1 aromatic rings. The number of rotatable bonds is 3. The van der Waals surface area contributed by atoms with Gasteiger partial charge in [-0.05, 0) is 6.92 Å². The van der Waals surface area contributed by atoms with E-state index in [1.54, 1.807) is 24.3 Å². The van der Waals surface area contributed by atoms with E-state index in [2.05, 4.69) is 0 Å². The van der Waals surface area contributed by atoms with E-state index in [4.69, 9.17) is 0 Å². The Balaban J connectivity index is 0.00000144. The molecule has 0 atom stereocenters. The van der Waals surface area contributed by atoms with Crippen LogP contribution in [0.1, 0.15) is 23.7 Å². The van der Waals surface area contributed by atoms with Gasteiger partial charge >= 0.3 is 0 Å². The fourth-order valence-corrected chi connectivity index (χ4v) is 0.952. The standard InChI is InChI=1S/C10H10O2.Pt/c1-8(11)7-10(12)9-5-3-2-4-6-9;/h2-6H,7H2,1H3;. The van der Waals surface area contributed by atoms with Gasteiger partial charge in [-0.1, -0.05) is 30.3 Å². The minimum Gasteiger partial charge on any atom is -0.300 e. The number of Topliss-reactive ketones (excluding diaryl/α,β-unsaturated/α-hetero) is 2. The Labute approximate surface area is 91.6 Å². The van der Waals surface area contributed by atoms with Gasteiger partial charge in [0.15, 0.2) is 5.78 Å². The number of benzene rings is 1. The van der Waals surface area contributed by atoms with Crippen molar-refractivity contribution in [3.05, 3.63) is 35.9 Å². The Kier molecular flexibility index (Phi) is 5.48. The summed E-state index contributed by atoms with van der Waals surface area (Å²) in [5, 5.41) is 0. The summed E-state index contributed by atoms with van der Waals surface area (Å²) in [6.45, 7) is 1.42. The van der Waals surface area contributed by atoms with Gasteiger partial charge in [-0.3, -0.25) is 9.59 Å². The van der Waals surface area contributed by atoms with Crippen molar-refractivity contribution in [2.75, 3.05) is 0 Å². The second-order valence-electron chi connectivity index (χ2n) is 2.67. The molecule has 0 spiro atoms. The molecule has 0 aliphatic rings. The SMILES string of the molecule is CC(=O)CC(=O)c1ccccc1.[Pt]. The number of hydrogen-bond acceptors (Lipinski definition) is 2. The predicted octanol–water partition coefficient (Wildman–Crippen LogP) is 1.85. The molecule has 0 aliphatic carbocycles. The van der Waals surface area contributed by atoms with Gasteiger partial charge in [0, 0.05) is 26.6 Å². The van der Waals surface area contributed by atoms with Crippen LogP contribution < -0.4 is 0 Å². The molecule has 2 nitrogen and oxygen atoms in total. The first-order chi connectivity index (χ1) is 5.70. The molecule has 0 saturated carbocycles. The van der Waals surface area contributed by atoms with Gasteiger partial charge in [0.2, 0.25) is 0 Å². The molecule has 1 aromatic carbocycles. The van der Waals surface area contributed by atoms with Crippen molar-refractivity contribution in [1.29, 1.82) is 0 Å². The molecule has 0 bridgehead atoms. The number of hydrogen-bond donors (Lipinski definition) is 0. The van der Waals surface area contributed by atoms with Crippen LogP contribution in [0.3, 0.4) is 0 Å². The maximum atomic E-state index is 11.2. The van der Waals surface area contributed by atoms with Crippen LogP contribution in [0, 0.1) is 0 Å². The molecule has 0 unspecified atom stereocenters. The van der Waals surface area contributed by atoms with E-state index in [0.29, 0.717) is 5.56 Å². The normalized spacial score (nSPS) is 8.69. The minimum absolute atomic E-state index is 0. The number of ketones is 2. The van der Waals surface area contributed by atoms with Gasteiger partial charge in [-0.15, -0.1) is 0 Å². The fourth-order valence-electron chi connectivity index (χ4n) is 0.952. The first kappa shape index (κ1) is 12.2. The maximum Gasteiger partial charge on any atom is 0.170 e. The summed E-state index contributed by atoms with van der Waals surface area (Å²) in [5.41, 5.74) is 0.604. The Bertz CT molecular complexity index is 293. The van der Waals surface area contributed by atoms with Crippen LogP contribution in [0.25, 0.3) is 0 Å². The molecule has 0 aliphatic heterocycles. The number of carbonyl (C=O) groups is 2. The second-order valence-corrected chi connectivity index (χ2v) is 2.67. The van der Waals surface area contributed by atoms with E-state index in [-0.39, 0.29) is 39.1 Å². The summed E-state index contributed by atoms with van der Waals surface area (Å²) in [6, 6.07) is 8.84. The molecule has 0 amide bonds. The average Bonchev–Trinajstić information content (AvgIpc) is 2.05. The monoisotopic (exact) mass is 357 g/mol. The van der Waals surface area contributed by atoms with Crippen molar-refractivity contribution in [3.8, 4) is 0 Å². The summed E-state index contributed by atoms with van der Waals surface area (Å²) in [5.74, 6) is -0.202. The van der Waals surface area contributed by atoms with Crippen molar-refractivity contribution in [3.63, 3.8) is 0 Å². The van der Waals surface area contributed by atoms with Crippen LogP contribution in [0.15, 0.2) is 30.3 Å². The van der Waals surface area contributed by atoms with Crippen LogP contribution in [-0.2, 0) is 25.9 Å². The van der Waals surface area contributed by atoms with Gasteiger partial charge in [0.1, 0.15) is 5.78 Å². The van der Waals surface area contributed by atoms with Gasteiger partial charge in [-0.2, -0.15) is 0 Å². The van der Waals surface area contributed by atoms with Crippen LogP contribution in [0.2, 0.25) is 0 Å². The third-order valence-corrected chi connectivity index (χ3v) is 1.51. The molecule has 0 saturated heterocycles. The van der Waals surface area contributed by atoms with E-state index in [1.807, 2.05) is 6.07 Å². The molecular weight excluding hydrogens is 347 g/mol. The van der Waals surface area contributed by atoms with Crippen molar-refractivity contribution in [2.45, 2.75) is 13.3 Å². The van der Waals surface area contributed by atoms with E-state index < -0.39 is 0 Å². The van der Waals surface area contributed by atoms with E-state index >= 15 is 0 Å². The van der Waals surface area contributed by atoms with Crippen LogP contribution >= 0.6 is 0 Å². The first-order valence-electron chi connectivity index (χ1n) is 3.78. The summed E-state index contributed by atoms with van der Waals surface area (Å²) in [6.07, 6.45) is 0.00398. The first-order valence-corrected chi connectivity index (χ1v) is 3.78. The Morgan fingerprint density at radius 1 is 1.15 bits per heavy atom. The third-order valence-electron chi connectivity index (χ3n) is 1.51. The zero-order valence-corrected chi connectivity index (χ0v) is 9.50. The predicted molar refractivity (Wildman–Crippen MR) is 46.1 cm³/mol. The molecule has 3 heteroatoms.